The number of hydrogen-bond acceptors (Lipinski definition) is 5. The number of para-hydroxylation sites is 1. The number of rotatable bonds is 11. The van der Waals surface area contributed by atoms with Crippen molar-refractivity contribution in [3.63, 3.8) is 0 Å². The zero-order chi connectivity index (χ0) is 22.1. The average Bonchev–Trinajstić information content (AvgIpc) is 2.79. The summed E-state index contributed by atoms with van der Waals surface area (Å²) in [5.74, 6) is 1.66. The molecule has 0 aliphatic carbocycles. The fourth-order valence-corrected chi connectivity index (χ4v) is 3.03. The van der Waals surface area contributed by atoms with Crippen LogP contribution in [-0.2, 0) is 22.6 Å². The second-order valence-corrected chi connectivity index (χ2v) is 6.82. The molecule has 0 amide bonds. The van der Waals surface area contributed by atoms with Crippen molar-refractivity contribution in [2.75, 3.05) is 13.7 Å². The molecule has 1 N–H and O–H groups in total. The van der Waals surface area contributed by atoms with Crippen LogP contribution < -0.4 is 14.2 Å². The maximum atomic E-state index is 11.4. The fourth-order valence-electron chi connectivity index (χ4n) is 3.03. The van der Waals surface area contributed by atoms with Crippen LogP contribution in [0.25, 0.3) is 0 Å². The number of benzene rings is 3. The second kappa shape index (κ2) is 11.0. The first-order chi connectivity index (χ1) is 15.1. The van der Waals surface area contributed by atoms with Crippen molar-refractivity contribution in [3.05, 3.63) is 83.9 Å². The van der Waals surface area contributed by atoms with Crippen molar-refractivity contribution < 1.29 is 28.8 Å². The van der Waals surface area contributed by atoms with Crippen molar-refractivity contribution in [2.45, 2.75) is 26.1 Å². The lowest BCUT2D eigenvalue weighted by Crippen LogP contribution is -2.26. The van der Waals surface area contributed by atoms with Crippen molar-refractivity contribution in [1.82, 2.24) is 0 Å². The molecule has 1 atom stereocenters. The number of aliphatic carboxylic acids is 1. The number of methoxy groups -OCH3 is 1. The van der Waals surface area contributed by atoms with Gasteiger partial charge in [-0.15, -0.1) is 0 Å². The van der Waals surface area contributed by atoms with Crippen LogP contribution in [0.5, 0.6) is 23.0 Å². The topological polar surface area (TPSA) is 74.2 Å². The van der Waals surface area contributed by atoms with Gasteiger partial charge in [0.25, 0.3) is 0 Å². The van der Waals surface area contributed by atoms with Crippen molar-refractivity contribution in [3.8, 4) is 23.0 Å². The first-order valence-corrected chi connectivity index (χ1v) is 10.0. The predicted molar refractivity (Wildman–Crippen MR) is 117 cm³/mol. The van der Waals surface area contributed by atoms with Crippen LogP contribution in [-0.4, -0.2) is 30.9 Å². The van der Waals surface area contributed by atoms with Gasteiger partial charge in [0.2, 0.25) is 0 Å². The lowest BCUT2D eigenvalue weighted by molar-refractivity contribution is -0.149. The summed E-state index contributed by atoms with van der Waals surface area (Å²) in [6, 6.07) is 22.6. The SMILES string of the molecule is CCOC(Cc1ccc(OC)c(OCc2ccc(Oc3ccccc3)cc2)c1)C(=O)O. The summed E-state index contributed by atoms with van der Waals surface area (Å²) in [5, 5.41) is 9.31. The molecule has 6 heteroatoms. The third kappa shape index (κ3) is 6.49. The van der Waals surface area contributed by atoms with Gasteiger partial charge in [0.05, 0.1) is 7.11 Å². The molecular weight excluding hydrogens is 396 g/mol. The zero-order valence-corrected chi connectivity index (χ0v) is 17.6. The molecule has 162 valence electrons. The predicted octanol–water partition coefficient (Wildman–Crippen LogP) is 5.10. The number of ether oxygens (including phenoxy) is 4. The van der Waals surface area contributed by atoms with Gasteiger partial charge < -0.3 is 24.1 Å². The van der Waals surface area contributed by atoms with Gasteiger partial charge in [-0.3, -0.25) is 0 Å². The highest BCUT2D eigenvalue weighted by atomic mass is 16.5. The Hall–Kier alpha value is -3.51. The summed E-state index contributed by atoms with van der Waals surface area (Å²) in [6.45, 7) is 2.44. The standard InChI is InChI=1S/C25H26O6/c1-3-29-24(25(26)27)16-19-11-14-22(28-2)23(15-19)30-17-18-9-12-21(13-10-18)31-20-7-5-4-6-8-20/h4-15,24H,3,16-17H2,1-2H3,(H,26,27). The molecule has 0 saturated carbocycles. The molecule has 3 aromatic carbocycles. The molecule has 0 fully saturated rings. The Bertz CT molecular complexity index is 969. The Kier molecular flexibility index (Phi) is 7.90. The quantitative estimate of drug-likeness (QED) is 0.463. The van der Waals surface area contributed by atoms with Crippen molar-refractivity contribution in [2.24, 2.45) is 0 Å². The minimum atomic E-state index is -0.988. The van der Waals surface area contributed by atoms with Crippen LogP contribution in [0.3, 0.4) is 0 Å². The van der Waals surface area contributed by atoms with E-state index in [-0.39, 0.29) is 6.42 Å². The van der Waals surface area contributed by atoms with E-state index in [0.29, 0.717) is 24.7 Å². The van der Waals surface area contributed by atoms with Crippen LogP contribution in [0.15, 0.2) is 72.8 Å². The van der Waals surface area contributed by atoms with Crippen molar-refractivity contribution >= 4 is 5.97 Å². The van der Waals surface area contributed by atoms with E-state index < -0.39 is 12.1 Å². The van der Waals surface area contributed by atoms with Gasteiger partial charge in [-0.2, -0.15) is 0 Å². The number of carboxylic acid groups (broad SMARTS) is 1. The Balaban J connectivity index is 1.65. The van der Waals surface area contributed by atoms with Crippen LogP contribution in [0.4, 0.5) is 0 Å². The van der Waals surface area contributed by atoms with E-state index in [0.717, 1.165) is 22.6 Å². The maximum absolute atomic E-state index is 11.4. The maximum Gasteiger partial charge on any atom is 0.333 e. The summed E-state index contributed by atoms with van der Waals surface area (Å²) in [4.78, 5) is 11.4. The molecule has 0 radical (unpaired) electrons. The first-order valence-electron chi connectivity index (χ1n) is 10.0. The Morgan fingerprint density at radius 1 is 0.903 bits per heavy atom. The lowest BCUT2D eigenvalue weighted by atomic mass is 10.1. The minimum absolute atomic E-state index is 0.245. The largest absolute Gasteiger partial charge is 0.493 e. The van der Waals surface area contributed by atoms with Gasteiger partial charge in [-0.25, -0.2) is 4.79 Å². The van der Waals surface area contributed by atoms with Crippen LogP contribution >= 0.6 is 0 Å². The minimum Gasteiger partial charge on any atom is -0.493 e. The summed E-state index contributed by atoms with van der Waals surface area (Å²) >= 11 is 0. The highest BCUT2D eigenvalue weighted by Crippen LogP contribution is 2.30. The molecule has 0 aliphatic rings. The van der Waals surface area contributed by atoms with Gasteiger partial charge in [-0.1, -0.05) is 36.4 Å². The normalized spacial score (nSPS) is 11.5. The fraction of sp³-hybridized carbons (Fsp3) is 0.240. The highest BCUT2D eigenvalue weighted by Gasteiger charge is 2.19. The Morgan fingerprint density at radius 2 is 1.58 bits per heavy atom. The molecular formula is C25H26O6. The van der Waals surface area contributed by atoms with Gasteiger partial charge in [0, 0.05) is 13.0 Å². The van der Waals surface area contributed by atoms with Crippen LogP contribution in [0.2, 0.25) is 0 Å². The monoisotopic (exact) mass is 422 g/mol. The number of carbonyl (C=O) groups is 1. The average molecular weight is 422 g/mol. The Morgan fingerprint density at radius 3 is 2.23 bits per heavy atom. The Labute approximate surface area is 182 Å². The highest BCUT2D eigenvalue weighted by molar-refractivity contribution is 5.72. The second-order valence-electron chi connectivity index (χ2n) is 6.82. The van der Waals surface area contributed by atoms with Crippen LogP contribution in [0.1, 0.15) is 18.1 Å². The first kappa shape index (κ1) is 22.2. The molecule has 0 aliphatic heterocycles. The summed E-state index contributed by atoms with van der Waals surface area (Å²) in [6.07, 6.45) is -0.655. The third-order valence-electron chi connectivity index (χ3n) is 4.59. The molecule has 0 aromatic heterocycles. The molecule has 3 aromatic rings. The van der Waals surface area contributed by atoms with Gasteiger partial charge in [0.1, 0.15) is 18.1 Å². The molecule has 6 nitrogen and oxygen atoms in total. The molecule has 0 saturated heterocycles. The number of carboxylic acids is 1. The molecule has 0 heterocycles. The van der Waals surface area contributed by atoms with Crippen LogP contribution in [0, 0.1) is 0 Å². The molecule has 0 spiro atoms. The summed E-state index contributed by atoms with van der Waals surface area (Å²) in [5.41, 5.74) is 1.76. The van der Waals surface area contributed by atoms with Crippen molar-refractivity contribution in [1.29, 1.82) is 0 Å². The van der Waals surface area contributed by atoms with E-state index in [4.69, 9.17) is 18.9 Å². The summed E-state index contributed by atoms with van der Waals surface area (Å²) < 4.78 is 22.4. The summed E-state index contributed by atoms with van der Waals surface area (Å²) in [7, 11) is 1.57. The van der Waals surface area contributed by atoms with E-state index in [1.165, 1.54) is 0 Å². The van der Waals surface area contributed by atoms with Gasteiger partial charge >= 0.3 is 5.97 Å². The zero-order valence-electron chi connectivity index (χ0n) is 17.6. The van der Waals surface area contributed by atoms with E-state index in [9.17, 15) is 9.90 Å². The van der Waals surface area contributed by atoms with E-state index in [1.54, 1.807) is 26.2 Å². The smallest absolute Gasteiger partial charge is 0.333 e. The third-order valence-corrected chi connectivity index (χ3v) is 4.59. The number of hydrogen-bond donors (Lipinski definition) is 1. The van der Waals surface area contributed by atoms with Gasteiger partial charge in [0.15, 0.2) is 17.6 Å². The lowest BCUT2D eigenvalue weighted by Gasteiger charge is -2.15. The van der Waals surface area contributed by atoms with E-state index in [1.807, 2.05) is 60.7 Å². The van der Waals surface area contributed by atoms with E-state index in [2.05, 4.69) is 0 Å². The molecule has 1 unspecified atom stereocenters. The molecule has 0 bridgehead atoms. The van der Waals surface area contributed by atoms with E-state index >= 15 is 0 Å². The molecule has 31 heavy (non-hydrogen) atoms. The van der Waals surface area contributed by atoms with Gasteiger partial charge in [-0.05, 0) is 54.4 Å². The molecule has 3 rings (SSSR count).